The molecule has 0 N–H and O–H groups in total. The Balaban J connectivity index is 2.17. The largest absolute Gasteiger partial charge is 0.306 e. The molecular formula is C15H21NO. The fourth-order valence-electron chi connectivity index (χ4n) is 2.85. The molecule has 2 heteroatoms. The van der Waals surface area contributed by atoms with Crippen LogP contribution in [0, 0.1) is 5.92 Å². The highest BCUT2D eigenvalue weighted by molar-refractivity contribution is 5.98. The topological polar surface area (TPSA) is 20.3 Å². The normalized spacial score (nSPS) is 24.9. The Morgan fingerprint density at radius 3 is 2.41 bits per heavy atom. The monoisotopic (exact) mass is 231 g/mol. The van der Waals surface area contributed by atoms with Gasteiger partial charge < -0.3 is 4.90 Å². The molecule has 0 radical (unpaired) electrons. The van der Waals surface area contributed by atoms with Crippen molar-refractivity contribution in [2.75, 3.05) is 14.1 Å². The molecule has 17 heavy (non-hydrogen) atoms. The van der Waals surface area contributed by atoms with Crippen molar-refractivity contribution < 1.29 is 4.79 Å². The average molecular weight is 231 g/mol. The van der Waals surface area contributed by atoms with Gasteiger partial charge in [-0.05, 0) is 26.9 Å². The number of benzene rings is 1. The van der Waals surface area contributed by atoms with Crippen LogP contribution in [0.5, 0.6) is 0 Å². The molecule has 0 heterocycles. The molecular weight excluding hydrogens is 210 g/mol. The zero-order valence-corrected chi connectivity index (χ0v) is 10.7. The van der Waals surface area contributed by atoms with E-state index in [1.54, 1.807) is 0 Å². The van der Waals surface area contributed by atoms with Gasteiger partial charge >= 0.3 is 0 Å². The molecule has 1 aromatic rings. The van der Waals surface area contributed by atoms with Crippen LogP contribution in [0.15, 0.2) is 30.3 Å². The summed E-state index contributed by atoms with van der Waals surface area (Å²) in [5.41, 5.74) is 0.867. The first-order valence-corrected chi connectivity index (χ1v) is 6.46. The Bertz CT molecular complexity index is 372. The number of carbonyl (C=O) groups is 1. The minimum Gasteiger partial charge on any atom is -0.306 e. The lowest BCUT2D eigenvalue weighted by Gasteiger charge is -2.35. The second kappa shape index (κ2) is 5.46. The van der Waals surface area contributed by atoms with Crippen molar-refractivity contribution in [3.8, 4) is 0 Å². The van der Waals surface area contributed by atoms with Crippen molar-refractivity contribution in [3.63, 3.8) is 0 Å². The number of hydrogen-bond acceptors (Lipinski definition) is 2. The summed E-state index contributed by atoms with van der Waals surface area (Å²) < 4.78 is 0. The summed E-state index contributed by atoms with van der Waals surface area (Å²) in [5.74, 6) is 0.505. The van der Waals surface area contributed by atoms with Crippen LogP contribution in [0.2, 0.25) is 0 Å². The summed E-state index contributed by atoms with van der Waals surface area (Å²) in [5, 5.41) is 0. The van der Waals surface area contributed by atoms with E-state index >= 15 is 0 Å². The maximum absolute atomic E-state index is 12.5. The molecule has 0 aliphatic heterocycles. The van der Waals surface area contributed by atoms with Gasteiger partial charge in [-0.2, -0.15) is 0 Å². The zero-order valence-electron chi connectivity index (χ0n) is 10.7. The molecule has 1 saturated carbocycles. The Hall–Kier alpha value is -1.15. The van der Waals surface area contributed by atoms with Crippen LogP contribution in [-0.4, -0.2) is 30.8 Å². The quantitative estimate of drug-likeness (QED) is 0.745. The highest BCUT2D eigenvalue weighted by Gasteiger charge is 2.32. The standard InChI is InChI=1S/C15H21NO/c1-16(2)14-11-7-6-10-13(14)15(17)12-8-4-3-5-9-12/h3-5,8-9,13-14H,6-7,10-11H2,1-2H3. The molecule has 0 bridgehead atoms. The van der Waals surface area contributed by atoms with Gasteiger partial charge in [-0.25, -0.2) is 0 Å². The van der Waals surface area contributed by atoms with Crippen molar-refractivity contribution in [2.24, 2.45) is 5.92 Å². The number of hydrogen-bond donors (Lipinski definition) is 0. The molecule has 2 atom stereocenters. The molecule has 0 saturated heterocycles. The minimum atomic E-state index is 0.182. The molecule has 1 aliphatic rings. The van der Waals surface area contributed by atoms with Gasteiger partial charge in [0.1, 0.15) is 0 Å². The van der Waals surface area contributed by atoms with Crippen molar-refractivity contribution in [1.82, 2.24) is 4.90 Å². The second-order valence-electron chi connectivity index (χ2n) is 5.15. The van der Waals surface area contributed by atoms with Gasteiger partial charge in [0.15, 0.2) is 5.78 Å². The summed E-state index contributed by atoms with van der Waals surface area (Å²) in [6.07, 6.45) is 4.63. The van der Waals surface area contributed by atoms with E-state index in [1.165, 1.54) is 12.8 Å². The molecule has 1 aliphatic carbocycles. The van der Waals surface area contributed by atoms with E-state index in [1.807, 2.05) is 30.3 Å². The molecule has 2 nitrogen and oxygen atoms in total. The summed E-state index contributed by atoms with van der Waals surface area (Å²) in [6, 6.07) is 10.1. The lowest BCUT2D eigenvalue weighted by atomic mass is 9.79. The van der Waals surface area contributed by atoms with Crippen molar-refractivity contribution >= 4 is 5.78 Å². The van der Waals surface area contributed by atoms with Crippen LogP contribution >= 0.6 is 0 Å². The second-order valence-corrected chi connectivity index (χ2v) is 5.15. The predicted molar refractivity (Wildman–Crippen MR) is 70.2 cm³/mol. The molecule has 1 fully saturated rings. The smallest absolute Gasteiger partial charge is 0.167 e. The third-order valence-corrected chi connectivity index (χ3v) is 3.79. The maximum Gasteiger partial charge on any atom is 0.167 e. The molecule has 0 aromatic heterocycles. The summed E-state index contributed by atoms with van der Waals surface area (Å²) in [7, 11) is 4.17. The van der Waals surface area contributed by atoms with Gasteiger partial charge in [-0.3, -0.25) is 4.79 Å². The summed E-state index contributed by atoms with van der Waals surface area (Å²) in [6.45, 7) is 0. The fourth-order valence-corrected chi connectivity index (χ4v) is 2.85. The van der Waals surface area contributed by atoms with Crippen LogP contribution in [0.3, 0.4) is 0 Å². The lowest BCUT2D eigenvalue weighted by molar-refractivity contribution is 0.0764. The number of Topliss-reactive ketones (excluding diaryl/α,β-unsaturated/α-hetero) is 1. The van der Waals surface area contributed by atoms with Gasteiger partial charge in [-0.15, -0.1) is 0 Å². The molecule has 0 spiro atoms. The van der Waals surface area contributed by atoms with Gasteiger partial charge in [0, 0.05) is 17.5 Å². The third kappa shape index (κ3) is 2.75. The van der Waals surface area contributed by atoms with Gasteiger partial charge in [-0.1, -0.05) is 43.2 Å². The first-order valence-electron chi connectivity index (χ1n) is 6.46. The van der Waals surface area contributed by atoms with Gasteiger partial charge in [0.25, 0.3) is 0 Å². The average Bonchev–Trinajstić information content (AvgIpc) is 2.39. The third-order valence-electron chi connectivity index (χ3n) is 3.79. The fraction of sp³-hybridized carbons (Fsp3) is 0.533. The van der Waals surface area contributed by atoms with E-state index in [0.717, 1.165) is 18.4 Å². The number of carbonyl (C=O) groups excluding carboxylic acids is 1. The highest BCUT2D eigenvalue weighted by Crippen LogP contribution is 2.29. The first-order chi connectivity index (χ1) is 8.20. The number of ketones is 1. The van der Waals surface area contributed by atoms with Crippen LogP contribution in [0.4, 0.5) is 0 Å². The number of nitrogens with zero attached hydrogens (tertiary/aromatic N) is 1. The van der Waals surface area contributed by atoms with Crippen LogP contribution in [-0.2, 0) is 0 Å². The van der Waals surface area contributed by atoms with Crippen molar-refractivity contribution in [2.45, 2.75) is 31.7 Å². The van der Waals surface area contributed by atoms with Crippen LogP contribution < -0.4 is 0 Å². The van der Waals surface area contributed by atoms with Crippen molar-refractivity contribution in [1.29, 1.82) is 0 Å². The SMILES string of the molecule is CN(C)C1CCCCC1C(=O)c1ccccc1. The Morgan fingerprint density at radius 1 is 1.12 bits per heavy atom. The van der Waals surface area contributed by atoms with Crippen LogP contribution in [0.1, 0.15) is 36.0 Å². The number of rotatable bonds is 3. The highest BCUT2D eigenvalue weighted by atomic mass is 16.1. The molecule has 1 aromatic carbocycles. The van der Waals surface area contributed by atoms with E-state index in [2.05, 4.69) is 19.0 Å². The molecule has 2 rings (SSSR count). The lowest BCUT2D eigenvalue weighted by Crippen LogP contribution is -2.41. The molecule has 2 unspecified atom stereocenters. The van der Waals surface area contributed by atoms with E-state index in [0.29, 0.717) is 11.8 Å². The summed E-state index contributed by atoms with van der Waals surface area (Å²) >= 11 is 0. The van der Waals surface area contributed by atoms with Gasteiger partial charge in [0.2, 0.25) is 0 Å². The van der Waals surface area contributed by atoms with E-state index in [4.69, 9.17) is 0 Å². The van der Waals surface area contributed by atoms with E-state index in [-0.39, 0.29) is 5.92 Å². The minimum absolute atomic E-state index is 0.182. The molecule has 0 amide bonds. The predicted octanol–water partition coefficient (Wildman–Crippen LogP) is 2.99. The van der Waals surface area contributed by atoms with E-state index < -0.39 is 0 Å². The Morgan fingerprint density at radius 2 is 1.76 bits per heavy atom. The Kier molecular flexibility index (Phi) is 3.95. The molecule has 92 valence electrons. The zero-order chi connectivity index (χ0) is 12.3. The Labute approximate surface area is 104 Å². The van der Waals surface area contributed by atoms with Crippen molar-refractivity contribution in [3.05, 3.63) is 35.9 Å². The van der Waals surface area contributed by atoms with Crippen LogP contribution in [0.25, 0.3) is 0 Å². The maximum atomic E-state index is 12.5. The summed E-state index contributed by atoms with van der Waals surface area (Å²) in [4.78, 5) is 14.7. The first kappa shape index (κ1) is 12.3. The van der Waals surface area contributed by atoms with E-state index in [9.17, 15) is 4.79 Å². The van der Waals surface area contributed by atoms with Gasteiger partial charge in [0.05, 0.1) is 0 Å².